The maximum Gasteiger partial charge on any atom is 0.326 e. The number of ether oxygens (including phenoxy) is 1. The van der Waals surface area contributed by atoms with Gasteiger partial charge in [-0.25, -0.2) is 9.78 Å². The second kappa shape index (κ2) is 12.4. The van der Waals surface area contributed by atoms with E-state index in [2.05, 4.69) is 50.4 Å². The molecule has 9 nitrogen and oxygen atoms in total. The highest BCUT2D eigenvalue weighted by molar-refractivity contribution is 5.82. The Bertz CT molecular complexity index is 1530. The third-order valence-corrected chi connectivity index (χ3v) is 8.05. The van der Waals surface area contributed by atoms with Crippen LogP contribution in [0.3, 0.4) is 0 Å². The lowest BCUT2D eigenvalue weighted by molar-refractivity contribution is -0.129. The van der Waals surface area contributed by atoms with Crippen molar-refractivity contribution in [2.24, 2.45) is 5.92 Å². The van der Waals surface area contributed by atoms with E-state index in [4.69, 9.17) is 4.74 Å². The lowest BCUT2D eigenvalue weighted by Crippen LogP contribution is -2.48. The maximum absolute atomic E-state index is 12.8. The van der Waals surface area contributed by atoms with Crippen molar-refractivity contribution < 1.29 is 15.8 Å². The Balaban J connectivity index is 0.00000368. The summed E-state index contributed by atoms with van der Waals surface area (Å²) in [6.45, 7) is 4.95. The average molecular weight is 567 g/mol. The number of amides is 2. The van der Waals surface area contributed by atoms with Gasteiger partial charge in [0, 0.05) is 64.3 Å². The van der Waals surface area contributed by atoms with E-state index in [-0.39, 0.29) is 13.4 Å². The molecule has 0 bridgehead atoms. The number of piperazine rings is 1. The van der Waals surface area contributed by atoms with Crippen LogP contribution in [0.2, 0.25) is 0 Å². The Kier molecular flexibility index (Phi) is 8.07. The molecule has 1 atom stereocenters. The molecular formula is C33H38N6O3. The second-order valence-electron chi connectivity index (χ2n) is 11.0. The van der Waals surface area contributed by atoms with E-state index >= 15 is 0 Å². The van der Waals surface area contributed by atoms with Gasteiger partial charge < -0.3 is 24.8 Å². The Morgan fingerprint density at radius 2 is 1.79 bits per heavy atom. The topological polar surface area (TPSA) is 82.9 Å². The van der Waals surface area contributed by atoms with Gasteiger partial charge in [0.15, 0.2) is 0 Å². The first-order chi connectivity index (χ1) is 20.5. The van der Waals surface area contributed by atoms with Crippen LogP contribution in [-0.2, 0) is 11.4 Å². The standard InChI is InChI=1S/C33H36N6O3.H2/c1-36-16-17-38(22-32(36)40)29-9-5-6-25(18-29)23-42-30-12-10-27(11-13-30)31-21-39(24-35-31)33(41)34-19-26-14-15-37(20-26)28-7-3-2-4-8-28;/h2-13,18,21,24,26H,14-17,19-20,22-23H2,1H3,(H,34,41);1H. The Morgan fingerprint density at radius 3 is 2.60 bits per heavy atom. The first-order valence-electron chi connectivity index (χ1n) is 14.4. The largest absolute Gasteiger partial charge is 0.489 e. The number of carbonyl (C=O) groups excluding carboxylic acids is 2. The predicted octanol–water partition coefficient (Wildman–Crippen LogP) is 4.74. The third-order valence-electron chi connectivity index (χ3n) is 8.05. The zero-order valence-electron chi connectivity index (χ0n) is 23.9. The van der Waals surface area contributed by atoms with Gasteiger partial charge in [0.2, 0.25) is 5.91 Å². The van der Waals surface area contributed by atoms with Gasteiger partial charge in [0.1, 0.15) is 18.7 Å². The molecule has 2 aliphatic heterocycles. The minimum Gasteiger partial charge on any atom is -0.489 e. The van der Waals surface area contributed by atoms with E-state index in [1.807, 2.05) is 55.6 Å². The summed E-state index contributed by atoms with van der Waals surface area (Å²) in [7, 11) is 1.84. The monoisotopic (exact) mass is 566 g/mol. The lowest BCUT2D eigenvalue weighted by Gasteiger charge is -2.33. The van der Waals surface area contributed by atoms with Crippen LogP contribution in [0.15, 0.2) is 91.4 Å². The number of rotatable bonds is 8. The molecule has 3 heterocycles. The molecule has 2 fully saturated rings. The molecule has 1 N–H and O–H groups in total. The van der Waals surface area contributed by atoms with Gasteiger partial charge >= 0.3 is 6.03 Å². The number of hydrogen-bond donors (Lipinski definition) is 1. The van der Waals surface area contributed by atoms with Crippen LogP contribution < -0.4 is 19.9 Å². The van der Waals surface area contributed by atoms with E-state index in [0.29, 0.717) is 25.6 Å². The van der Waals surface area contributed by atoms with Crippen LogP contribution in [0.4, 0.5) is 16.2 Å². The van der Waals surface area contributed by atoms with Gasteiger partial charge in [-0.05, 0) is 66.4 Å². The van der Waals surface area contributed by atoms with Crippen molar-refractivity contribution in [3.8, 4) is 17.0 Å². The van der Waals surface area contributed by atoms with Gasteiger partial charge in [0.05, 0.1) is 12.2 Å². The van der Waals surface area contributed by atoms with Crippen LogP contribution in [0, 0.1) is 5.92 Å². The summed E-state index contributed by atoms with van der Waals surface area (Å²) in [5.41, 5.74) is 4.94. The minimum absolute atomic E-state index is 0. The van der Waals surface area contributed by atoms with Gasteiger partial charge in [-0.15, -0.1) is 0 Å². The normalized spacial score (nSPS) is 17.0. The maximum atomic E-state index is 12.8. The first kappa shape index (κ1) is 27.4. The summed E-state index contributed by atoms with van der Waals surface area (Å²) in [5, 5.41) is 3.06. The van der Waals surface area contributed by atoms with Crippen molar-refractivity contribution in [1.29, 1.82) is 0 Å². The van der Waals surface area contributed by atoms with Crippen molar-refractivity contribution in [2.45, 2.75) is 13.0 Å². The molecule has 1 aromatic heterocycles. The number of para-hydroxylation sites is 1. The minimum atomic E-state index is -0.171. The van der Waals surface area contributed by atoms with Crippen LogP contribution in [0.1, 0.15) is 13.4 Å². The molecule has 1 unspecified atom stereocenters. The van der Waals surface area contributed by atoms with Crippen LogP contribution in [-0.4, -0.2) is 72.7 Å². The van der Waals surface area contributed by atoms with E-state index in [1.165, 1.54) is 10.3 Å². The summed E-state index contributed by atoms with van der Waals surface area (Å²) in [5.74, 6) is 1.30. The summed E-state index contributed by atoms with van der Waals surface area (Å²) in [6.07, 6.45) is 4.37. The molecule has 42 heavy (non-hydrogen) atoms. The summed E-state index contributed by atoms with van der Waals surface area (Å²) in [6, 6.07) is 26.1. The molecule has 6 rings (SSSR count). The van der Waals surface area contributed by atoms with Crippen LogP contribution in [0.5, 0.6) is 5.75 Å². The molecule has 2 aliphatic rings. The molecule has 3 aromatic carbocycles. The number of imidazole rings is 1. The molecule has 0 saturated carbocycles. The van der Waals surface area contributed by atoms with Crippen LogP contribution in [0.25, 0.3) is 11.3 Å². The third kappa shape index (κ3) is 6.40. The van der Waals surface area contributed by atoms with E-state index < -0.39 is 0 Å². The van der Waals surface area contributed by atoms with Crippen molar-refractivity contribution in [3.05, 3.63) is 97.0 Å². The van der Waals surface area contributed by atoms with E-state index in [1.54, 1.807) is 17.4 Å². The van der Waals surface area contributed by atoms with E-state index in [0.717, 1.165) is 60.9 Å². The fraction of sp³-hybridized carbons (Fsp3) is 0.303. The second-order valence-corrected chi connectivity index (χ2v) is 11.0. The first-order valence-corrected chi connectivity index (χ1v) is 14.4. The Morgan fingerprint density at radius 1 is 0.976 bits per heavy atom. The number of hydrogen-bond acceptors (Lipinski definition) is 6. The number of nitrogens with one attached hydrogen (secondary N) is 1. The van der Waals surface area contributed by atoms with Crippen molar-refractivity contribution in [2.75, 3.05) is 56.1 Å². The zero-order valence-corrected chi connectivity index (χ0v) is 23.9. The van der Waals surface area contributed by atoms with Crippen LogP contribution >= 0.6 is 0 Å². The molecule has 9 heteroatoms. The number of benzene rings is 3. The molecule has 2 saturated heterocycles. The number of carbonyl (C=O) groups is 2. The van der Waals surface area contributed by atoms with Crippen molar-refractivity contribution in [1.82, 2.24) is 19.8 Å². The molecule has 0 aliphatic carbocycles. The molecule has 4 aromatic rings. The SMILES string of the molecule is CN1CCN(c2cccc(COc3ccc(-c4cn(C(=O)NCC5CCN(c6ccccc6)C5)cn4)cc3)c2)CC1=O.[HH]. The smallest absolute Gasteiger partial charge is 0.326 e. The number of aromatic nitrogens is 2. The molecule has 0 spiro atoms. The van der Waals surface area contributed by atoms with Crippen molar-refractivity contribution in [3.63, 3.8) is 0 Å². The fourth-order valence-electron chi connectivity index (χ4n) is 5.49. The van der Waals surface area contributed by atoms with Gasteiger partial charge in [-0.1, -0.05) is 30.3 Å². The molecule has 0 radical (unpaired) electrons. The summed E-state index contributed by atoms with van der Waals surface area (Å²) >= 11 is 0. The van der Waals surface area contributed by atoms with Gasteiger partial charge in [-0.2, -0.15) is 0 Å². The zero-order chi connectivity index (χ0) is 28.9. The highest BCUT2D eigenvalue weighted by Gasteiger charge is 2.23. The quantitative estimate of drug-likeness (QED) is 0.332. The number of nitrogens with zero attached hydrogens (tertiary/aromatic N) is 5. The number of likely N-dealkylation sites (N-methyl/N-ethyl adjacent to an activating group) is 1. The highest BCUT2D eigenvalue weighted by atomic mass is 16.5. The predicted molar refractivity (Wildman–Crippen MR) is 166 cm³/mol. The molecule has 2 amide bonds. The Labute approximate surface area is 247 Å². The van der Waals surface area contributed by atoms with E-state index in [9.17, 15) is 9.59 Å². The van der Waals surface area contributed by atoms with Crippen molar-refractivity contribution >= 4 is 23.3 Å². The lowest BCUT2D eigenvalue weighted by atomic mass is 10.1. The highest BCUT2D eigenvalue weighted by Crippen LogP contribution is 2.25. The fourth-order valence-corrected chi connectivity index (χ4v) is 5.49. The molecule has 218 valence electrons. The summed E-state index contributed by atoms with van der Waals surface area (Å²) in [4.78, 5) is 35.6. The number of anilines is 2. The van der Waals surface area contributed by atoms with Gasteiger partial charge in [-0.3, -0.25) is 9.36 Å². The average Bonchev–Trinajstić information content (AvgIpc) is 3.72. The summed E-state index contributed by atoms with van der Waals surface area (Å²) < 4.78 is 7.54. The molecular weight excluding hydrogens is 528 g/mol. The van der Waals surface area contributed by atoms with Gasteiger partial charge in [0.25, 0.3) is 0 Å². The Hall–Kier alpha value is -4.79.